The van der Waals surface area contributed by atoms with Gasteiger partial charge < -0.3 is 10.4 Å². The van der Waals surface area contributed by atoms with Crippen molar-refractivity contribution in [3.8, 4) is 0 Å². The maximum Gasteiger partial charge on any atom is 0.251 e. The Balaban J connectivity index is 2.22. The molecule has 0 bridgehead atoms. The number of nitrogens with zero attached hydrogens (tertiary/aromatic N) is 1. The molecule has 1 heterocycles. The fraction of sp³-hybridized carbons (Fsp3) is 0.125. The first kappa shape index (κ1) is 13.8. The van der Waals surface area contributed by atoms with E-state index < -0.39 is 6.04 Å². The molecule has 1 amide bonds. The summed E-state index contributed by atoms with van der Waals surface area (Å²) in [5, 5.41) is 12.7. The van der Waals surface area contributed by atoms with Crippen LogP contribution < -0.4 is 5.32 Å². The second kappa shape index (κ2) is 5.68. The number of halogens is 1. The van der Waals surface area contributed by atoms with Gasteiger partial charge in [0.15, 0.2) is 6.04 Å². The fourth-order valence-electron chi connectivity index (χ4n) is 2.27. The van der Waals surface area contributed by atoms with Crippen LogP contribution >= 0.6 is 11.6 Å². The van der Waals surface area contributed by atoms with Crippen molar-refractivity contribution < 1.29 is 9.90 Å². The molecular weight excluding hydrogens is 288 g/mol. The predicted octanol–water partition coefficient (Wildman–Crippen LogP) is 2.49. The normalized spacial score (nSPS) is 17.5. The molecule has 21 heavy (non-hydrogen) atoms. The largest absolute Gasteiger partial charge is 0.394 e. The first-order valence-electron chi connectivity index (χ1n) is 6.54. The van der Waals surface area contributed by atoms with E-state index in [2.05, 4.69) is 10.3 Å². The summed E-state index contributed by atoms with van der Waals surface area (Å²) in [5.41, 5.74) is 2.91. The van der Waals surface area contributed by atoms with Crippen molar-refractivity contribution in [2.75, 3.05) is 11.9 Å². The van der Waals surface area contributed by atoms with E-state index in [4.69, 9.17) is 11.6 Å². The van der Waals surface area contributed by atoms with Gasteiger partial charge >= 0.3 is 0 Å². The molecule has 0 unspecified atom stereocenters. The number of benzodiazepines with no additional fused rings is 1. The lowest BCUT2D eigenvalue weighted by molar-refractivity contribution is -0.118. The predicted molar refractivity (Wildman–Crippen MR) is 83.0 cm³/mol. The highest BCUT2D eigenvalue weighted by atomic mass is 35.5. The fourth-order valence-corrected chi connectivity index (χ4v) is 2.44. The van der Waals surface area contributed by atoms with Crippen LogP contribution in [0.1, 0.15) is 11.1 Å². The lowest BCUT2D eigenvalue weighted by Gasteiger charge is -2.10. The third-order valence-electron chi connectivity index (χ3n) is 3.30. The molecule has 2 N–H and O–H groups in total. The van der Waals surface area contributed by atoms with Crippen LogP contribution in [0.25, 0.3) is 0 Å². The Morgan fingerprint density at radius 3 is 2.67 bits per heavy atom. The zero-order chi connectivity index (χ0) is 14.8. The number of carbonyl (C=O) groups excluding carboxylic acids is 1. The monoisotopic (exact) mass is 300 g/mol. The van der Waals surface area contributed by atoms with Gasteiger partial charge in [-0.2, -0.15) is 0 Å². The van der Waals surface area contributed by atoms with Crippen LogP contribution in [0.5, 0.6) is 0 Å². The van der Waals surface area contributed by atoms with Crippen molar-refractivity contribution in [2.24, 2.45) is 4.99 Å². The molecule has 4 nitrogen and oxygen atoms in total. The number of fused-ring (bicyclic) bond motifs is 1. The lowest BCUT2D eigenvalue weighted by atomic mass is 10.0. The number of amides is 1. The van der Waals surface area contributed by atoms with Crippen molar-refractivity contribution in [1.29, 1.82) is 0 Å². The van der Waals surface area contributed by atoms with Gasteiger partial charge in [-0.1, -0.05) is 41.9 Å². The highest BCUT2D eigenvalue weighted by Crippen LogP contribution is 2.27. The second-order valence-corrected chi connectivity index (χ2v) is 5.16. The molecule has 0 spiro atoms. The quantitative estimate of drug-likeness (QED) is 0.895. The Hall–Kier alpha value is -2.17. The number of nitrogens with one attached hydrogen (secondary N) is 1. The zero-order valence-electron chi connectivity index (χ0n) is 11.1. The van der Waals surface area contributed by atoms with Crippen LogP contribution in [-0.4, -0.2) is 29.4 Å². The molecular formula is C16H13ClN2O2. The van der Waals surface area contributed by atoms with Crippen LogP contribution in [0.4, 0.5) is 5.69 Å². The Labute approximate surface area is 127 Å². The van der Waals surface area contributed by atoms with Crippen molar-refractivity contribution in [3.63, 3.8) is 0 Å². The minimum absolute atomic E-state index is 0.327. The van der Waals surface area contributed by atoms with E-state index in [1.165, 1.54) is 0 Å². The molecule has 2 aromatic rings. The number of hydrogen-bond acceptors (Lipinski definition) is 3. The third kappa shape index (κ3) is 2.68. The SMILES string of the molecule is O=C1Nc2ccc(Cl)cc2C(c2ccccc2)=N[C@@H]1CO. The number of aliphatic hydroxyl groups excluding tert-OH is 1. The first-order chi connectivity index (χ1) is 10.2. The van der Waals surface area contributed by atoms with Crippen LogP contribution in [0.3, 0.4) is 0 Å². The molecule has 106 valence electrons. The smallest absolute Gasteiger partial charge is 0.251 e. The van der Waals surface area contributed by atoms with Gasteiger partial charge in [0.05, 0.1) is 18.0 Å². The minimum Gasteiger partial charge on any atom is -0.394 e. The van der Waals surface area contributed by atoms with Gasteiger partial charge in [-0.3, -0.25) is 9.79 Å². The summed E-state index contributed by atoms with van der Waals surface area (Å²) in [6.07, 6.45) is 0. The van der Waals surface area contributed by atoms with Crippen LogP contribution in [-0.2, 0) is 4.79 Å². The topological polar surface area (TPSA) is 61.7 Å². The average Bonchev–Trinajstić information content (AvgIpc) is 2.64. The first-order valence-corrected chi connectivity index (χ1v) is 6.91. The average molecular weight is 301 g/mol. The molecule has 3 rings (SSSR count). The number of carbonyl (C=O) groups is 1. The van der Waals surface area contributed by atoms with E-state index >= 15 is 0 Å². The Morgan fingerprint density at radius 2 is 1.95 bits per heavy atom. The Bertz CT molecular complexity index is 713. The van der Waals surface area contributed by atoms with E-state index in [-0.39, 0.29) is 12.5 Å². The van der Waals surface area contributed by atoms with Gasteiger partial charge in [-0.05, 0) is 18.2 Å². The molecule has 0 radical (unpaired) electrons. The van der Waals surface area contributed by atoms with Gasteiger partial charge in [-0.25, -0.2) is 0 Å². The molecule has 5 heteroatoms. The van der Waals surface area contributed by atoms with Gasteiger partial charge in [0, 0.05) is 16.1 Å². The summed E-state index contributed by atoms with van der Waals surface area (Å²) in [6, 6.07) is 13.9. The van der Waals surface area contributed by atoms with E-state index in [1.54, 1.807) is 18.2 Å². The number of anilines is 1. The van der Waals surface area contributed by atoms with E-state index in [0.29, 0.717) is 16.4 Å². The summed E-state index contributed by atoms with van der Waals surface area (Å²) in [4.78, 5) is 16.5. The maximum atomic E-state index is 12.1. The summed E-state index contributed by atoms with van der Waals surface area (Å²) in [5.74, 6) is -0.327. The van der Waals surface area contributed by atoms with E-state index in [0.717, 1.165) is 11.1 Å². The number of aliphatic hydroxyl groups is 1. The molecule has 1 aliphatic rings. The Kier molecular flexibility index (Phi) is 3.73. The van der Waals surface area contributed by atoms with Crippen molar-refractivity contribution in [3.05, 3.63) is 64.7 Å². The third-order valence-corrected chi connectivity index (χ3v) is 3.54. The second-order valence-electron chi connectivity index (χ2n) is 4.72. The van der Waals surface area contributed by atoms with Crippen LogP contribution in [0.2, 0.25) is 5.02 Å². The van der Waals surface area contributed by atoms with Crippen molar-refractivity contribution in [2.45, 2.75) is 6.04 Å². The highest BCUT2D eigenvalue weighted by molar-refractivity contribution is 6.32. The van der Waals surface area contributed by atoms with Crippen molar-refractivity contribution in [1.82, 2.24) is 0 Å². The zero-order valence-corrected chi connectivity index (χ0v) is 11.8. The molecule has 2 aromatic carbocycles. The number of aliphatic imine (C=N–C) groups is 1. The van der Waals surface area contributed by atoms with Crippen molar-refractivity contribution >= 4 is 28.9 Å². The molecule has 0 aliphatic carbocycles. The summed E-state index contributed by atoms with van der Waals surface area (Å²) < 4.78 is 0. The standard InChI is InChI=1S/C16H13ClN2O2/c17-11-6-7-13-12(8-11)15(10-4-2-1-3-5-10)18-14(9-20)16(21)19-13/h1-8,14,20H,9H2,(H,19,21)/t14-/m1/s1. The molecule has 0 aromatic heterocycles. The van der Waals surface area contributed by atoms with E-state index in [9.17, 15) is 9.90 Å². The maximum absolute atomic E-state index is 12.1. The van der Waals surface area contributed by atoms with Gasteiger partial charge in [-0.15, -0.1) is 0 Å². The summed E-state index contributed by atoms with van der Waals surface area (Å²) in [7, 11) is 0. The number of rotatable bonds is 2. The number of benzene rings is 2. The van der Waals surface area contributed by atoms with Gasteiger partial charge in [0.2, 0.25) is 0 Å². The van der Waals surface area contributed by atoms with Crippen LogP contribution in [0.15, 0.2) is 53.5 Å². The molecule has 0 saturated carbocycles. The minimum atomic E-state index is -0.827. The molecule has 1 aliphatic heterocycles. The highest BCUT2D eigenvalue weighted by Gasteiger charge is 2.25. The molecule has 1 atom stereocenters. The van der Waals surface area contributed by atoms with Crippen LogP contribution in [0, 0.1) is 0 Å². The van der Waals surface area contributed by atoms with Gasteiger partial charge in [0.1, 0.15) is 0 Å². The molecule has 0 saturated heterocycles. The molecule has 0 fully saturated rings. The Morgan fingerprint density at radius 1 is 1.19 bits per heavy atom. The van der Waals surface area contributed by atoms with Gasteiger partial charge in [0.25, 0.3) is 5.91 Å². The summed E-state index contributed by atoms with van der Waals surface area (Å²) in [6.45, 7) is -0.343. The number of hydrogen-bond donors (Lipinski definition) is 2. The van der Waals surface area contributed by atoms with E-state index in [1.807, 2.05) is 30.3 Å². The summed E-state index contributed by atoms with van der Waals surface area (Å²) >= 11 is 6.07. The lowest BCUT2D eigenvalue weighted by Crippen LogP contribution is -2.28.